The fraction of sp³-hybridized carbons (Fsp3) is 0.429. The van der Waals surface area contributed by atoms with Gasteiger partial charge in [-0.1, -0.05) is 11.6 Å². The summed E-state index contributed by atoms with van der Waals surface area (Å²) in [6.45, 7) is 0.322. The molecule has 108 valence electrons. The first-order valence-corrected chi connectivity index (χ1v) is 6.96. The van der Waals surface area contributed by atoms with Gasteiger partial charge < -0.3 is 10.6 Å². The van der Waals surface area contributed by atoms with Gasteiger partial charge in [0.15, 0.2) is 0 Å². The molecule has 2 N–H and O–H groups in total. The average molecular weight is 299 g/mol. The van der Waals surface area contributed by atoms with Crippen molar-refractivity contribution in [1.29, 1.82) is 0 Å². The Morgan fingerprint density at radius 2 is 2.10 bits per heavy atom. The first-order chi connectivity index (χ1) is 9.56. The predicted octanol–water partition coefficient (Wildman–Crippen LogP) is 2.27. The van der Waals surface area contributed by atoms with Crippen LogP contribution in [0.1, 0.15) is 36.0 Å². The average Bonchev–Trinajstić information content (AvgIpc) is 3.21. The Balaban J connectivity index is 1.71. The van der Waals surface area contributed by atoms with E-state index in [0.29, 0.717) is 30.5 Å². The highest BCUT2D eigenvalue weighted by molar-refractivity contribution is 6.31. The van der Waals surface area contributed by atoms with Crippen molar-refractivity contribution in [3.8, 4) is 0 Å². The van der Waals surface area contributed by atoms with E-state index in [0.717, 1.165) is 18.9 Å². The van der Waals surface area contributed by atoms with Crippen LogP contribution in [0.2, 0.25) is 5.02 Å². The third-order valence-corrected chi connectivity index (χ3v) is 3.22. The fourth-order valence-electron chi connectivity index (χ4n) is 1.75. The summed E-state index contributed by atoms with van der Waals surface area (Å²) in [5.41, 5.74) is -0.0834. The van der Waals surface area contributed by atoms with E-state index in [-0.39, 0.29) is 11.5 Å². The van der Waals surface area contributed by atoms with Gasteiger partial charge in [-0.2, -0.15) is 0 Å². The van der Waals surface area contributed by atoms with Crippen molar-refractivity contribution in [3.63, 3.8) is 0 Å². The maximum absolute atomic E-state index is 13.4. The van der Waals surface area contributed by atoms with Crippen molar-refractivity contribution in [2.75, 3.05) is 6.54 Å². The van der Waals surface area contributed by atoms with Crippen LogP contribution in [0.3, 0.4) is 0 Å². The van der Waals surface area contributed by atoms with Crippen LogP contribution in [0.5, 0.6) is 0 Å². The second-order valence-corrected chi connectivity index (χ2v) is 5.26. The van der Waals surface area contributed by atoms with E-state index in [1.165, 1.54) is 12.1 Å². The van der Waals surface area contributed by atoms with E-state index >= 15 is 0 Å². The molecule has 1 aromatic carbocycles. The van der Waals surface area contributed by atoms with E-state index in [2.05, 4.69) is 10.6 Å². The first kappa shape index (κ1) is 14.8. The molecule has 0 aliphatic heterocycles. The van der Waals surface area contributed by atoms with Crippen LogP contribution in [0.15, 0.2) is 18.2 Å². The molecule has 0 spiro atoms. The monoisotopic (exact) mass is 298 g/mol. The van der Waals surface area contributed by atoms with Gasteiger partial charge in [-0.05, 0) is 37.5 Å². The molecule has 1 fully saturated rings. The lowest BCUT2D eigenvalue weighted by Crippen LogP contribution is -2.28. The van der Waals surface area contributed by atoms with Crippen LogP contribution in [-0.4, -0.2) is 24.4 Å². The van der Waals surface area contributed by atoms with Crippen LogP contribution < -0.4 is 10.6 Å². The summed E-state index contributed by atoms with van der Waals surface area (Å²) in [6.07, 6.45) is 2.98. The molecular weight excluding hydrogens is 283 g/mol. The Kier molecular flexibility index (Phi) is 4.95. The topological polar surface area (TPSA) is 58.2 Å². The Morgan fingerprint density at radius 1 is 1.35 bits per heavy atom. The SMILES string of the molecule is O=C(CCCNC(=O)c1cc(Cl)ccc1F)NC1CC1. The number of benzene rings is 1. The third kappa shape index (κ3) is 4.49. The lowest BCUT2D eigenvalue weighted by atomic mass is 10.2. The molecule has 0 atom stereocenters. The molecular formula is C14H16ClFN2O2. The molecule has 1 saturated carbocycles. The molecule has 4 nitrogen and oxygen atoms in total. The molecule has 1 aromatic rings. The molecule has 0 aromatic heterocycles. The first-order valence-electron chi connectivity index (χ1n) is 6.59. The van der Waals surface area contributed by atoms with Crippen LogP contribution in [0.25, 0.3) is 0 Å². The van der Waals surface area contributed by atoms with Gasteiger partial charge in [-0.3, -0.25) is 9.59 Å². The molecule has 20 heavy (non-hydrogen) atoms. The van der Waals surface area contributed by atoms with E-state index in [4.69, 9.17) is 11.6 Å². The molecule has 0 bridgehead atoms. The van der Waals surface area contributed by atoms with Crippen molar-refractivity contribution in [1.82, 2.24) is 10.6 Å². The minimum Gasteiger partial charge on any atom is -0.353 e. The number of amides is 2. The highest BCUT2D eigenvalue weighted by atomic mass is 35.5. The number of nitrogens with one attached hydrogen (secondary N) is 2. The lowest BCUT2D eigenvalue weighted by Gasteiger charge is -2.07. The van der Waals surface area contributed by atoms with Crippen LogP contribution >= 0.6 is 11.6 Å². The zero-order chi connectivity index (χ0) is 14.5. The minimum atomic E-state index is -0.613. The molecule has 1 aliphatic carbocycles. The summed E-state index contributed by atoms with van der Waals surface area (Å²) in [5.74, 6) is -1.14. The summed E-state index contributed by atoms with van der Waals surface area (Å²) in [4.78, 5) is 23.1. The standard InChI is InChI=1S/C14H16ClFN2O2/c15-9-3-6-12(16)11(8-9)14(20)17-7-1-2-13(19)18-10-4-5-10/h3,6,8,10H,1-2,4-5,7H2,(H,17,20)(H,18,19). The van der Waals surface area contributed by atoms with E-state index in [9.17, 15) is 14.0 Å². The smallest absolute Gasteiger partial charge is 0.254 e. The van der Waals surface area contributed by atoms with Gasteiger partial charge in [0.2, 0.25) is 5.91 Å². The largest absolute Gasteiger partial charge is 0.353 e. The number of hydrogen-bond acceptors (Lipinski definition) is 2. The maximum Gasteiger partial charge on any atom is 0.254 e. The number of rotatable bonds is 6. The summed E-state index contributed by atoms with van der Waals surface area (Å²) < 4.78 is 13.4. The highest BCUT2D eigenvalue weighted by Crippen LogP contribution is 2.18. The van der Waals surface area contributed by atoms with Crippen LogP contribution in [0, 0.1) is 5.82 Å². The van der Waals surface area contributed by atoms with Crippen molar-refractivity contribution >= 4 is 23.4 Å². The Morgan fingerprint density at radius 3 is 2.80 bits per heavy atom. The lowest BCUT2D eigenvalue weighted by molar-refractivity contribution is -0.121. The van der Waals surface area contributed by atoms with Gasteiger partial charge in [-0.15, -0.1) is 0 Å². The normalized spacial score (nSPS) is 13.9. The van der Waals surface area contributed by atoms with Gasteiger partial charge in [0.25, 0.3) is 5.91 Å². The maximum atomic E-state index is 13.4. The molecule has 1 aliphatic rings. The molecule has 2 rings (SSSR count). The highest BCUT2D eigenvalue weighted by Gasteiger charge is 2.22. The van der Waals surface area contributed by atoms with Crippen molar-refractivity contribution in [2.24, 2.45) is 0 Å². The molecule has 0 saturated heterocycles. The number of halogens is 2. The van der Waals surface area contributed by atoms with Crippen LogP contribution in [0.4, 0.5) is 4.39 Å². The number of hydrogen-bond donors (Lipinski definition) is 2. The van der Waals surface area contributed by atoms with Gasteiger partial charge in [0.05, 0.1) is 5.56 Å². The number of carbonyl (C=O) groups excluding carboxylic acids is 2. The van der Waals surface area contributed by atoms with Crippen molar-refractivity contribution in [2.45, 2.75) is 31.7 Å². The van der Waals surface area contributed by atoms with Crippen LogP contribution in [-0.2, 0) is 4.79 Å². The minimum absolute atomic E-state index is 0.00400. The van der Waals surface area contributed by atoms with Gasteiger partial charge in [0.1, 0.15) is 5.82 Å². The summed E-state index contributed by atoms with van der Waals surface area (Å²) in [5, 5.41) is 5.74. The van der Waals surface area contributed by atoms with Gasteiger partial charge in [0, 0.05) is 24.0 Å². The molecule has 6 heteroatoms. The Hall–Kier alpha value is -1.62. The molecule has 2 amide bonds. The summed E-state index contributed by atoms with van der Waals surface area (Å²) in [7, 11) is 0. The summed E-state index contributed by atoms with van der Waals surface area (Å²) >= 11 is 5.72. The van der Waals surface area contributed by atoms with Crippen molar-refractivity contribution < 1.29 is 14.0 Å². The van der Waals surface area contributed by atoms with E-state index < -0.39 is 11.7 Å². The fourth-order valence-corrected chi connectivity index (χ4v) is 1.92. The molecule has 0 radical (unpaired) electrons. The Labute approximate surface area is 121 Å². The quantitative estimate of drug-likeness (QED) is 0.792. The number of carbonyl (C=O) groups is 2. The van der Waals surface area contributed by atoms with Gasteiger partial charge in [-0.25, -0.2) is 4.39 Å². The summed E-state index contributed by atoms with van der Waals surface area (Å²) in [6, 6.07) is 4.17. The zero-order valence-electron chi connectivity index (χ0n) is 10.9. The second kappa shape index (κ2) is 6.70. The van der Waals surface area contributed by atoms with E-state index in [1.54, 1.807) is 0 Å². The zero-order valence-corrected chi connectivity index (χ0v) is 11.7. The predicted molar refractivity (Wildman–Crippen MR) is 74.1 cm³/mol. The van der Waals surface area contributed by atoms with E-state index in [1.807, 2.05) is 0 Å². The Bertz CT molecular complexity index is 518. The molecule has 0 unspecified atom stereocenters. The van der Waals surface area contributed by atoms with Gasteiger partial charge >= 0.3 is 0 Å². The second-order valence-electron chi connectivity index (χ2n) is 4.83. The molecule has 0 heterocycles. The van der Waals surface area contributed by atoms with Crippen molar-refractivity contribution in [3.05, 3.63) is 34.6 Å². The third-order valence-electron chi connectivity index (χ3n) is 2.98.